The second-order valence-corrected chi connectivity index (χ2v) is 6.22. The average Bonchev–Trinajstić information content (AvgIpc) is 3.28. The molecular formula is C16H21N3O2. The molecule has 112 valence electrons. The van der Waals surface area contributed by atoms with Crippen molar-refractivity contribution < 1.29 is 9.59 Å². The van der Waals surface area contributed by atoms with E-state index in [-0.39, 0.29) is 17.7 Å². The van der Waals surface area contributed by atoms with Gasteiger partial charge in [-0.1, -0.05) is 6.92 Å². The molecule has 21 heavy (non-hydrogen) atoms. The Balaban J connectivity index is 2.02. The monoisotopic (exact) mass is 287 g/mol. The smallest absolute Gasteiger partial charge is 0.253 e. The number of hydrogen-bond acceptors (Lipinski definition) is 3. The van der Waals surface area contributed by atoms with Gasteiger partial charge in [-0.25, -0.2) is 0 Å². The van der Waals surface area contributed by atoms with E-state index in [1.54, 1.807) is 11.1 Å². The van der Waals surface area contributed by atoms with Gasteiger partial charge in [-0.3, -0.25) is 19.5 Å². The number of piperazine rings is 1. The van der Waals surface area contributed by atoms with Crippen molar-refractivity contribution in [2.45, 2.75) is 51.6 Å². The van der Waals surface area contributed by atoms with Gasteiger partial charge >= 0.3 is 0 Å². The van der Waals surface area contributed by atoms with E-state index in [1.165, 1.54) is 0 Å². The molecular weight excluding hydrogens is 266 g/mol. The Morgan fingerprint density at radius 1 is 1.38 bits per heavy atom. The zero-order valence-electron chi connectivity index (χ0n) is 12.7. The van der Waals surface area contributed by atoms with Crippen LogP contribution in [0.2, 0.25) is 0 Å². The Morgan fingerprint density at radius 2 is 2.10 bits per heavy atom. The van der Waals surface area contributed by atoms with E-state index in [4.69, 9.17) is 0 Å². The summed E-state index contributed by atoms with van der Waals surface area (Å²) < 4.78 is 0. The van der Waals surface area contributed by atoms with Gasteiger partial charge in [0.25, 0.3) is 5.91 Å². The van der Waals surface area contributed by atoms with E-state index >= 15 is 0 Å². The molecule has 1 aromatic heterocycles. The van der Waals surface area contributed by atoms with Crippen molar-refractivity contribution in [3.63, 3.8) is 0 Å². The summed E-state index contributed by atoms with van der Waals surface area (Å²) in [4.78, 5) is 31.4. The summed E-state index contributed by atoms with van der Waals surface area (Å²) in [6.07, 6.45) is 4.27. The first-order valence-electron chi connectivity index (χ1n) is 7.55. The standard InChI is InChI=1S/C16H21N3O2/c1-4-13-14(20)18-16(3,11-6-7-11)15(21)19(13)12-8-5-10(2)17-9-12/h5,8-9,11,13H,4,6-7H2,1-3H3,(H,18,20). The van der Waals surface area contributed by atoms with Crippen LogP contribution >= 0.6 is 0 Å². The Morgan fingerprint density at radius 3 is 2.62 bits per heavy atom. The van der Waals surface area contributed by atoms with Crippen molar-refractivity contribution in [2.75, 3.05) is 4.90 Å². The fraction of sp³-hybridized carbons (Fsp3) is 0.562. The second-order valence-electron chi connectivity index (χ2n) is 6.22. The fourth-order valence-corrected chi connectivity index (χ4v) is 3.11. The maximum Gasteiger partial charge on any atom is 0.253 e. The van der Waals surface area contributed by atoms with Gasteiger partial charge in [-0.05, 0) is 51.2 Å². The molecule has 1 saturated carbocycles. The van der Waals surface area contributed by atoms with Crippen molar-refractivity contribution in [1.82, 2.24) is 10.3 Å². The summed E-state index contributed by atoms with van der Waals surface area (Å²) in [5.41, 5.74) is 0.832. The maximum absolute atomic E-state index is 13.0. The number of nitrogens with one attached hydrogen (secondary N) is 1. The molecule has 2 amide bonds. The van der Waals surface area contributed by atoms with Crippen LogP contribution in [0.15, 0.2) is 18.3 Å². The zero-order valence-corrected chi connectivity index (χ0v) is 12.7. The quantitative estimate of drug-likeness (QED) is 0.922. The minimum Gasteiger partial charge on any atom is -0.340 e. The van der Waals surface area contributed by atoms with Crippen LogP contribution < -0.4 is 10.2 Å². The van der Waals surface area contributed by atoms with Crippen molar-refractivity contribution in [3.05, 3.63) is 24.0 Å². The van der Waals surface area contributed by atoms with Crippen LogP contribution in [-0.4, -0.2) is 28.4 Å². The predicted octanol–water partition coefficient (Wildman–Crippen LogP) is 1.80. The zero-order chi connectivity index (χ0) is 15.2. The summed E-state index contributed by atoms with van der Waals surface area (Å²) in [5, 5.41) is 2.97. The van der Waals surface area contributed by atoms with Crippen molar-refractivity contribution in [3.8, 4) is 0 Å². The lowest BCUT2D eigenvalue weighted by Gasteiger charge is -2.44. The number of anilines is 1. The lowest BCUT2D eigenvalue weighted by Crippen LogP contribution is -2.70. The maximum atomic E-state index is 13.0. The SMILES string of the molecule is CCC1C(=O)NC(C)(C2CC2)C(=O)N1c1ccc(C)nc1. The number of pyridine rings is 1. The highest BCUT2D eigenvalue weighted by molar-refractivity contribution is 6.10. The van der Waals surface area contributed by atoms with Crippen molar-refractivity contribution in [2.24, 2.45) is 5.92 Å². The van der Waals surface area contributed by atoms with Crippen LogP contribution in [-0.2, 0) is 9.59 Å². The largest absolute Gasteiger partial charge is 0.340 e. The van der Waals surface area contributed by atoms with Crippen molar-refractivity contribution >= 4 is 17.5 Å². The number of nitrogens with zero attached hydrogens (tertiary/aromatic N) is 2. The summed E-state index contributed by atoms with van der Waals surface area (Å²) in [6.45, 7) is 5.68. The third-order valence-corrected chi connectivity index (χ3v) is 4.61. The van der Waals surface area contributed by atoms with E-state index in [1.807, 2.05) is 32.9 Å². The molecule has 5 nitrogen and oxygen atoms in total. The molecule has 1 saturated heterocycles. The second kappa shape index (κ2) is 4.83. The van der Waals surface area contributed by atoms with Crippen LogP contribution in [0.25, 0.3) is 0 Å². The Labute approximate surface area is 124 Å². The van der Waals surface area contributed by atoms with Crippen LogP contribution in [0.5, 0.6) is 0 Å². The summed E-state index contributed by atoms with van der Waals surface area (Å²) in [7, 11) is 0. The summed E-state index contributed by atoms with van der Waals surface area (Å²) in [6, 6.07) is 3.29. The molecule has 2 aliphatic rings. The number of carbonyl (C=O) groups is 2. The van der Waals surface area contributed by atoms with Gasteiger partial charge in [0.1, 0.15) is 11.6 Å². The Bertz CT molecular complexity index is 580. The molecule has 1 aliphatic heterocycles. The van der Waals surface area contributed by atoms with E-state index in [2.05, 4.69) is 10.3 Å². The summed E-state index contributed by atoms with van der Waals surface area (Å²) >= 11 is 0. The average molecular weight is 287 g/mol. The molecule has 0 bridgehead atoms. The van der Waals surface area contributed by atoms with Crippen LogP contribution in [0.3, 0.4) is 0 Å². The van der Waals surface area contributed by atoms with E-state index in [9.17, 15) is 9.59 Å². The fourth-order valence-electron chi connectivity index (χ4n) is 3.11. The molecule has 1 aliphatic carbocycles. The van der Waals surface area contributed by atoms with Crippen molar-refractivity contribution in [1.29, 1.82) is 0 Å². The number of carbonyl (C=O) groups excluding carboxylic acids is 2. The third-order valence-electron chi connectivity index (χ3n) is 4.61. The van der Waals surface area contributed by atoms with Crippen LogP contribution in [0.1, 0.15) is 38.8 Å². The molecule has 0 aromatic carbocycles. The highest BCUT2D eigenvalue weighted by Crippen LogP contribution is 2.43. The summed E-state index contributed by atoms with van der Waals surface area (Å²) in [5.74, 6) is 0.182. The van der Waals surface area contributed by atoms with Gasteiger partial charge in [-0.2, -0.15) is 0 Å². The molecule has 3 rings (SSSR count). The number of amides is 2. The van der Waals surface area contributed by atoms with Crippen LogP contribution in [0.4, 0.5) is 5.69 Å². The Kier molecular flexibility index (Phi) is 3.23. The molecule has 5 heteroatoms. The molecule has 1 aromatic rings. The van der Waals surface area contributed by atoms with Gasteiger partial charge in [0.15, 0.2) is 0 Å². The Hall–Kier alpha value is -1.91. The molecule has 2 unspecified atom stereocenters. The van der Waals surface area contributed by atoms with Gasteiger partial charge < -0.3 is 5.32 Å². The van der Waals surface area contributed by atoms with E-state index < -0.39 is 11.6 Å². The molecule has 1 N–H and O–H groups in total. The highest BCUT2D eigenvalue weighted by Gasteiger charge is 2.55. The topological polar surface area (TPSA) is 62.3 Å². The number of hydrogen-bond donors (Lipinski definition) is 1. The molecule has 2 fully saturated rings. The first kappa shape index (κ1) is 14.0. The minimum atomic E-state index is -0.770. The molecule has 0 spiro atoms. The number of rotatable bonds is 3. The first-order valence-corrected chi connectivity index (χ1v) is 7.55. The van der Waals surface area contributed by atoms with Gasteiger partial charge in [0.2, 0.25) is 5.91 Å². The lowest BCUT2D eigenvalue weighted by molar-refractivity contribution is -0.138. The molecule has 2 heterocycles. The van der Waals surface area contributed by atoms with E-state index in [0.717, 1.165) is 18.5 Å². The predicted molar refractivity (Wildman–Crippen MR) is 79.8 cm³/mol. The normalized spacial score (nSPS) is 29.5. The van der Waals surface area contributed by atoms with Gasteiger partial charge in [0.05, 0.1) is 11.9 Å². The lowest BCUT2D eigenvalue weighted by atomic mass is 9.88. The number of aromatic nitrogens is 1. The highest BCUT2D eigenvalue weighted by atomic mass is 16.2. The minimum absolute atomic E-state index is 0.0119. The third kappa shape index (κ3) is 2.20. The van der Waals surface area contributed by atoms with Crippen LogP contribution in [0, 0.1) is 12.8 Å². The van der Waals surface area contributed by atoms with Gasteiger partial charge in [0, 0.05) is 5.69 Å². The molecule has 2 atom stereocenters. The van der Waals surface area contributed by atoms with E-state index in [0.29, 0.717) is 12.1 Å². The van der Waals surface area contributed by atoms with Gasteiger partial charge in [-0.15, -0.1) is 0 Å². The first-order chi connectivity index (χ1) is 9.97. The molecule has 0 radical (unpaired) electrons. The number of aryl methyl sites for hydroxylation is 1.